The fourth-order valence-electron chi connectivity index (χ4n) is 2.82. The Labute approximate surface area is 149 Å². The molecule has 0 spiro atoms. The molecule has 0 fully saturated rings. The molecule has 0 saturated heterocycles. The lowest BCUT2D eigenvalue weighted by Crippen LogP contribution is -2.29. The first-order valence-electron chi connectivity index (χ1n) is 8.35. The molecule has 26 heavy (non-hydrogen) atoms. The van der Waals surface area contributed by atoms with Crippen LogP contribution in [0.15, 0.2) is 53.5 Å². The summed E-state index contributed by atoms with van der Waals surface area (Å²) in [5, 5.41) is 8.11. The van der Waals surface area contributed by atoms with Crippen LogP contribution >= 0.6 is 0 Å². The number of fused-ring (bicyclic) bond motifs is 2. The van der Waals surface area contributed by atoms with Gasteiger partial charge >= 0.3 is 0 Å². The van der Waals surface area contributed by atoms with E-state index in [4.69, 9.17) is 9.47 Å². The summed E-state index contributed by atoms with van der Waals surface area (Å²) in [6, 6.07) is 12.4. The lowest BCUT2D eigenvalue weighted by atomic mass is 10.2. The van der Waals surface area contributed by atoms with Gasteiger partial charge in [0.15, 0.2) is 11.5 Å². The Kier molecular flexibility index (Phi) is 4.27. The minimum absolute atomic E-state index is 0.169. The van der Waals surface area contributed by atoms with E-state index in [-0.39, 0.29) is 18.0 Å². The number of hydrogen-bond acceptors (Lipinski definition) is 5. The van der Waals surface area contributed by atoms with Gasteiger partial charge in [-0.15, -0.1) is 0 Å². The molecule has 0 unspecified atom stereocenters. The van der Waals surface area contributed by atoms with Crippen molar-refractivity contribution < 1.29 is 14.3 Å². The number of benzene rings is 2. The third-order valence-corrected chi connectivity index (χ3v) is 4.09. The molecule has 0 aliphatic carbocycles. The van der Waals surface area contributed by atoms with Gasteiger partial charge < -0.3 is 14.8 Å². The average Bonchev–Trinajstić information content (AvgIpc) is 2.89. The molecular weight excluding hydrogens is 334 g/mol. The Morgan fingerprint density at radius 1 is 1.12 bits per heavy atom. The smallest absolute Gasteiger partial charge is 0.275 e. The van der Waals surface area contributed by atoms with Crippen molar-refractivity contribution >= 4 is 22.4 Å². The first-order valence-corrected chi connectivity index (χ1v) is 8.35. The van der Waals surface area contributed by atoms with Crippen LogP contribution in [0.5, 0.6) is 11.5 Å². The minimum Gasteiger partial charge on any atom is -0.490 e. The van der Waals surface area contributed by atoms with Crippen LogP contribution in [0.3, 0.4) is 0 Å². The van der Waals surface area contributed by atoms with E-state index in [1.54, 1.807) is 36.5 Å². The number of carbonyl (C=O) groups is 1. The number of anilines is 1. The van der Waals surface area contributed by atoms with Crippen LogP contribution in [0, 0.1) is 0 Å². The van der Waals surface area contributed by atoms with E-state index >= 15 is 0 Å². The van der Waals surface area contributed by atoms with Gasteiger partial charge in [-0.3, -0.25) is 9.59 Å². The van der Waals surface area contributed by atoms with E-state index < -0.39 is 0 Å². The molecular formula is C19H17N3O4. The van der Waals surface area contributed by atoms with Crippen LogP contribution in [-0.2, 0) is 11.3 Å². The van der Waals surface area contributed by atoms with E-state index in [2.05, 4.69) is 10.4 Å². The van der Waals surface area contributed by atoms with Gasteiger partial charge in [0.1, 0.15) is 6.54 Å². The second-order valence-electron chi connectivity index (χ2n) is 5.95. The van der Waals surface area contributed by atoms with Gasteiger partial charge in [0, 0.05) is 23.6 Å². The van der Waals surface area contributed by atoms with E-state index in [0.717, 1.165) is 16.5 Å². The molecule has 0 radical (unpaired) electrons. The number of rotatable bonds is 3. The third kappa shape index (κ3) is 3.23. The predicted molar refractivity (Wildman–Crippen MR) is 96.7 cm³/mol. The number of aromatic nitrogens is 2. The van der Waals surface area contributed by atoms with E-state index in [9.17, 15) is 9.59 Å². The second kappa shape index (κ2) is 6.87. The lowest BCUT2D eigenvalue weighted by molar-refractivity contribution is -0.117. The predicted octanol–water partition coefficient (Wildman–Crippen LogP) is 2.20. The highest BCUT2D eigenvalue weighted by molar-refractivity contribution is 5.91. The molecule has 0 atom stereocenters. The fourth-order valence-corrected chi connectivity index (χ4v) is 2.82. The van der Waals surface area contributed by atoms with Crippen LogP contribution < -0.4 is 20.3 Å². The quantitative estimate of drug-likeness (QED) is 0.782. The Hall–Kier alpha value is -3.35. The minimum atomic E-state index is -0.343. The maximum atomic E-state index is 12.4. The molecule has 3 aromatic rings. The number of nitrogens with one attached hydrogen (secondary N) is 1. The zero-order chi connectivity index (χ0) is 17.9. The highest BCUT2D eigenvalue weighted by Crippen LogP contribution is 2.32. The van der Waals surface area contributed by atoms with E-state index in [1.165, 1.54) is 0 Å². The summed E-state index contributed by atoms with van der Waals surface area (Å²) in [5.74, 6) is 0.915. The maximum absolute atomic E-state index is 12.4. The van der Waals surface area contributed by atoms with Gasteiger partial charge in [-0.25, -0.2) is 4.68 Å². The van der Waals surface area contributed by atoms with Crippen molar-refractivity contribution in [3.63, 3.8) is 0 Å². The summed E-state index contributed by atoms with van der Waals surface area (Å²) in [6.07, 6.45) is 2.39. The number of ether oxygens (including phenoxy) is 2. The van der Waals surface area contributed by atoms with E-state index in [0.29, 0.717) is 35.8 Å². The first-order chi connectivity index (χ1) is 12.7. The normalized spacial score (nSPS) is 13.2. The lowest BCUT2D eigenvalue weighted by Gasteiger charge is -2.11. The molecule has 1 N–H and O–H groups in total. The molecule has 2 heterocycles. The van der Waals surface area contributed by atoms with Gasteiger partial charge in [0.25, 0.3) is 5.56 Å². The van der Waals surface area contributed by atoms with Crippen molar-refractivity contribution in [1.82, 2.24) is 9.78 Å². The van der Waals surface area contributed by atoms with Gasteiger partial charge in [-0.1, -0.05) is 18.2 Å². The fraction of sp³-hybridized carbons (Fsp3) is 0.211. The summed E-state index contributed by atoms with van der Waals surface area (Å²) < 4.78 is 12.3. The van der Waals surface area contributed by atoms with Gasteiger partial charge in [0.05, 0.1) is 24.8 Å². The maximum Gasteiger partial charge on any atom is 0.275 e. The van der Waals surface area contributed by atoms with Crippen LogP contribution in [0.1, 0.15) is 6.42 Å². The summed E-state index contributed by atoms with van der Waals surface area (Å²) in [4.78, 5) is 24.8. The Balaban J connectivity index is 1.52. The van der Waals surface area contributed by atoms with Crippen molar-refractivity contribution in [2.24, 2.45) is 0 Å². The number of hydrogen-bond donors (Lipinski definition) is 1. The molecule has 0 saturated carbocycles. The largest absolute Gasteiger partial charge is 0.490 e. The zero-order valence-electron chi connectivity index (χ0n) is 14.0. The topological polar surface area (TPSA) is 82.5 Å². The molecule has 0 bridgehead atoms. The zero-order valence-corrected chi connectivity index (χ0v) is 14.0. The highest BCUT2D eigenvalue weighted by Gasteiger charge is 2.13. The standard InChI is InChI=1S/C19H17N3O4/c23-18(12-22-19(24)15-5-2-1-4-13(15)11-20-22)21-14-6-7-16-17(10-14)26-9-3-8-25-16/h1-2,4-7,10-11H,3,8-9,12H2,(H,21,23). The number of amides is 1. The summed E-state index contributed by atoms with van der Waals surface area (Å²) in [7, 11) is 0. The molecule has 1 aromatic heterocycles. The van der Waals surface area contributed by atoms with Gasteiger partial charge in [-0.2, -0.15) is 5.10 Å². The molecule has 1 amide bonds. The average molecular weight is 351 g/mol. The molecule has 4 rings (SSSR count). The molecule has 7 heteroatoms. The summed E-state index contributed by atoms with van der Waals surface area (Å²) >= 11 is 0. The SMILES string of the molecule is O=C(Cn1ncc2ccccc2c1=O)Nc1ccc2c(c1)OCCCO2. The van der Waals surface area contributed by atoms with Crippen LogP contribution in [0.2, 0.25) is 0 Å². The highest BCUT2D eigenvalue weighted by atomic mass is 16.5. The molecule has 1 aliphatic heterocycles. The van der Waals surface area contributed by atoms with Crippen molar-refractivity contribution in [2.45, 2.75) is 13.0 Å². The molecule has 1 aliphatic rings. The Morgan fingerprint density at radius 2 is 1.92 bits per heavy atom. The molecule has 7 nitrogen and oxygen atoms in total. The van der Waals surface area contributed by atoms with Gasteiger partial charge in [-0.05, 0) is 18.2 Å². The summed E-state index contributed by atoms with van der Waals surface area (Å²) in [5.41, 5.74) is 0.282. The van der Waals surface area contributed by atoms with Gasteiger partial charge in [0.2, 0.25) is 5.91 Å². The first kappa shape index (κ1) is 16.1. The Morgan fingerprint density at radius 3 is 2.81 bits per heavy atom. The monoisotopic (exact) mass is 351 g/mol. The van der Waals surface area contributed by atoms with Crippen molar-refractivity contribution in [3.05, 3.63) is 59.0 Å². The van der Waals surface area contributed by atoms with Crippen LogP contribution in [0.4, 0.5) is 5.69 Å². The van der Waals surface area contributed by atoms with Crippen LogP contribution in [0.25, 0.3) is 10.8 Å². The molecule has 132 valence electrons. The van der Waals surface area contributed by atoms with Crippen molar-refractivity contribution in [2.75, 3.05) is 18.5 Å². The number of nitrogens with zero attached hydrogens (tertiary/aromatic N) is 2. The number of carbonyl (C=O) groups excluding carboxylic acids is 1. The van der Waals surface area contributed by atoms with E-state index in [1.807, 2.05) is 12.1 Å². The summed E-state index contributed by atoms with van der Waals surface area (Å²) in [6.45, 7) is 1.01. The molecule has 2 aromatic carbocycles. The van der Waals surface area contributed by atoms with Crippen LogP contribution in [-0.4, -0.2) is 28.9 Å². The second-order valence-corrected chi connectivity index (χ2v) is 5.95. The van der Waals surface area contributed by atoms with Crippen molar-refractivity contribution in [3.8, 4) is 11.5 Å². The third-order valence-electron chi connectivity index (χ3n) is 4.09. The van der Waals surface area contributed by atoms with Crippen molar-refractivity contribution in [1.29, 1.82) is 0 Å². The Bertz CT molecular complexity index is 1030.